The Labute approximate surface area is 177 Å². The number of fused-ring (bicyclic) bond motifs is 2. The van der Waals surface area contributed by atoms with Crippen molar-refractivity contribution >= 4 is 44.3 Å². The SMILES string of the molecule is Cc1cccc(Nc2c3ccccc3c(Nc3cccc(C)c3)c3ccccc23)c1. The molecule has 30 heavy (non-hydrogen) atoms. The second kappa shape index (κ2) is 7.57. The number of aryl methyl sites for hydroxylation is 2. The van der Waals surface area contributed by atoms with E-state index in [9.17, 15) is 0 Å². The summed E-state index contributed by atoms with van der Waals surface area (Å²) in [5.41, 5.74) is 6.97. The maximum Gasteiger partial charge on any atom is 0.0545 e. The first kappa shape index (κ1) is 18.3. The minimum atomic E-state index is 1.10. The van der Waals surface area contributed by atoms with Gasteiger partial charge in [0.25, 0.3) is 0 Å². The summed E-state index contributed by atoms with van der Waals surface area (Å²) >= 11 is 0. The summed E-state index contributed by atoms with van der Waals surface area (Å²) in [5.74, 6) is 0. The fourth-order valence-corrected chi connectivity index (χ4v) is 4.13. The molecule has 0 unspecified atom stereocenters. The van der Waals surface area contributed by atoms with Gasteiger partial charge in [0, 0.05) is 32.9 Å². The minimum Gasteiger partial charge on any atom is -0.355 e. The van der Waals surface area contributed by atoms with Gasteiger partial charge in [-0.25, -0.2) is 0 Å². The Hall–Kier alpha value is -3.78. The lowest BCUT2D eigenvalue weighted by molar-refractivity contribution is 1.45. The van der Waals surface area contributed by atoms with Gasteiger partial charge in [-0.1, -0.05) is 72.8 Å². The number of nitrogens with one attached hydrogen (secondary N) is 2. The van der Waals surface area contributed by atoms with E-state index in [4.69, 9.17) is 0 Å². The van der Waals surface area contributed by atoms with Crippen LogP contribution in [-0.2, 0) is 0 Å². The van der Waals surface area contributed by atoms with Crippen LogP contribution in [-0.4, -0.2) is 0 Å². The predicted molar refractivity (Wildman–Crippen MR) is 130 cm³/mol. The Bertz CT molecular complexity index is 1210. The van der Waals surface area contributed by atoms with E-state index in [1.54, 1.807) is 0 Å². The number of rotatable bonds is 4. The zero-order valence-electron chi connectivity index (χ0n) is 17.2. The fourth-order valence-electron chi connectivity index (χ4n) is 4.13. The van der Waals surface area contributed by atoms with Gasteiger partial charge in [-0.05, 0) is 49.2 Å². The fraction of sp³-hybridized carbons (Fsp3) is 0.0714. The Balaban J connectivity index is 1.76. The van der Waals surface area contributed by atoms with Crippen LogP contribution in [0.15, 0.2) is 97.1 Å². The lowest BCUT2D eigenvalue weighted by Crippen LogP contribution is -1.98. The van der Waals surface area contributed by atoms with Crippen LogP contribution in [0.2, 0.25) is 0 Å². The van der Waals surface area contributed by atoms with Crippen molar-refractivity contribution in [1.29, 1.82) is 0 Å². The predicted octanol–water partition coefficient (Wildman–Crippen LogP) is 8.10. The second-order valence-electron chi connectivity index (χ2n) is 7.83. The molecule has 2 N–H and O–H groups in total. The molecule has 0 bridgehead atoms. The minimum absolute atomic E-state index is 1.10. The molecule has 0 fully saturated rings. The van der Waals surface area contributed by atoms with Crippen molar-refractivity contribution < 1.29 is 0 Å². The normalized spacial score (nSPS) is 11.0. The molecule has 0 aromatic heterocycles. The molecule has 2 nitrogen and oxygen atoms in total. The second-order valence-corrected chi connectivity index (χ2v) is 7.83. The molecule has 0 spiro atoms. The molecule has 2 heteroatoms. The van der Waals surface area contributed by atoms with Gasteiger partial charge in [0.2, 0.25) is 0 Å². The van der Waals surface area contributed by atoms with Crippen LogP contribution in [0.4, 0.5) is 22.7 Å². The van der Waals surface area contributed by atoms with Crippen LogP contribution < -0.4 is 10.6 Å². The van der Waals surface area contributed by atoms with Gasteiger partial charge in [0.1, 0.15) is 0 Å². The molecular weight excluding hydrogens is 364 g/mol. The van der Waals surface area contributed by atoms with E-state index < -0.39 is 0 Å². The Kier molecular flexibility index (Phi) is 4.61. The summed E-state index contributed by atoms with van der Waals surface area (Å²) in [6.07, 6.45) is 0. The van der Waals surface area contributed by atoms with E-state index >= 15 is 0 Å². The van der Waals surface area contributed by atoms with Crippen LogP contribution in [0.3, 0.4) is 0 Å². The van der Waals surface area contributed by atoms with Crippen molar-refractivity contribution in [3.63, 3.8) is 0 Å². The maximum atomic E-state index is 3.70. The smallest absolute Gasteiger partial charge is 0.0545 e. The molecule has 0 amide bonds. The molecular formula is C28H24N2. The summed E-state index contributed by atoms with van der Waals surface area (Å²) in [5, 5.41) is 12.2. The van der Waals surface area contributed by atoms with Gasteiger partial charge in [-0.15, -0.1) is 0 Å². The quantitative estimate of drug-likeness (QED) is 0.240. The molecule has 146 valence electrons. The van der Waals surface area contributed by atoms with Gasteiger partial charge < -0.3 is 10.6 Å². The van der Waals surface area contributed by atoms with Crippen LogP contribution in [0, 0.1) is 13.8 Å². The molecule has 0 aliphatic carbocycles. The van der Waals surface area contributed by atoms with E-state index in [1.165, 1.54) is 32.7 Å². The van der Waals surface area contributed by atoms with Gasteiger partial charge in [-0.3, -0.25) is 0 Å². The van der Waals surface area contributed by atoms with Crippen LogP contribution in [0.5, 0.6) is 0 Å². The molecule has 0 aliphatic rings. The molecule has 0 saturated heterocycles. The third-order valence-electron chi connectivity index (χ3n) is 5.51. The van der Waals surface area contributed by atoms with Crippen molar-refractivity contribution in [2.24, 2.45) is 0 Å². The highest BCUT2D eigenvalue weighted by molar-refractivity contribution is 6.20. The number of anilines is 4. The van der Waals surface area contributed by atoms with E-state index in [0.717, 1.165) is 22.7 Å². The van der Waals surface area contributed by atoms with E-state index in [2.05, 4.69) is 122 Å². The zero-order chi connectivity index (χ0) is 20.5. The third kappa shape index (κ3) is 3.37. The van der Waals surface area contributed by atoms with Gasteiger partial charge >= 0.3 is 0 Å². The Morgan fingerprint density at radius 2 is 0.800 bits per heavy atom. The number of hydrogen-bond donors (Lipinski definition) is 2. The van der Waals surface area contributed by atoms with Crippen LogP contribution in [0.25, 0.3) is 21.5 Å². The summed E-state index contributed by atoms with van der Waals surface area (Å²) in [7, 11) is 0. The standard InChI is InChI=1S/C28H24N2/c1-19-9-7-11-21(17-19)29-27-23-13-3-5-15-25(23)28(26-16-6-4-14-24(26)27)30-22-12-8-10-20(2)18-22/h3-18,29-30H,1-2H3. The highest BCUT2D eigenvalue weighted by Crippen LogP contribution is 2.42. The third-order valence-corrected chi connectivity index (χ3v) is 5.51. The van der Waals surface area contributed by atoms with E-state index in [0.29, 0.717) is 0 Å². The first-order valence-electron chi connectivity index (χ1n) is 10.3. The van der Waals surface area contributed by atoms with Crippen LogP contribution >= 0.6 is 0 Å². The lowest BCUT2D eigenvalue weighted by atomic mass is 9.97. The first-order chi connectivity index (χ1) is 14.7. The molecule has 5 aromatic rings. The topological polar surface area (TPSA) is 24.1 Å². The first-order valence-corrected chi connectivity index (χ1v) is 10.3. The van der Waals surface area contributed by atoms with Crippen molar-refractivity contribution in [1.82, 2.24) is 0 Å². The van der Waals surface area contributed by atoms with Crippen molar-refractivity contribution in [3.8, 4) is 0 Å². The Morgan fingerprint density at radius 1 is 0.433 bits per heavy atom. The van der Waals surface area contributed by atoms with Crippen LogP contribution in [0.1, 0.15) is 11.1 Å². The largest absolute Gasteiger partial charge is 0.355 e. The molecule has 0 saturated carbocycles. The molecule has 0 radical (unpaired) electrons. The monoisotopic (exact) mass is 388 g/mol. The molecule has 5 rings (SSSR count). The van der Waals surface area contributed by atoms with Gasteiger partial charge in [0.15, 0.2) is 0 Å². The lowest BCUT2D eigenvalue weighted by Gasteiger charge is -2.19. The summed E-state index contributed by atoms with van der Waals surface area (Å²) in [6, 6.07) is 34.2. The maximum absolute atomic E-state index is 3.70. The average Bonchev–Trinajstić information content (AvgIpc) is 2.76. The molecule has 5 aromatic carbocycles. The zero-order valence-corrected chi connectivity index (χ0v) is 17.2. The molecule has 0 atom stereocenters. The Morgan fingerprint density at radius 3 is 1.13 bits per heavy atom. The van der Waals surface area contributed by atoms with Gasteiger partial charge in [-0.2, -0.15) is 0 Å². The van der Waals surface area contributed by atoms with Crippen molar-refractivity contribution in [3.05, 3.63) is 108 Å². The highest BCUT2D eigenvalue weighted by atomic mass is 14.9. The molecule has 0 aliphatic heterocycles. The number of benzene rings is 5. The summed E-state index contributed by atoms with van der Waals surface area (Å²) < 4.78 is 0. The summed E-state index contributed by atoms with van der Waals surface area (Å²) in [4.78, 5) is 0. The highest BCUT2D eigenvalue weighted by Gasteiger charge is 2.14. The van der Waals surface area contributed by atoms with E-state index in [-0.39, 0.29) is 0 Å². The number of hydrogen-bond acceptors (Lipinski definition) is 2. The molecule has 0 heterocycles. The van der Waals surface area contributed by atoms with Crippen molar-refractivity contribution in [2.45, 2.75) is 13.8 Å². The van der Waals surface area contributed by atoms with Crippen molar-refractivity contribution in [2.75, 3.05) is 10.6 Å². The summed E-state index contributed by atoms with van der Waals surface area (Å²) in [6.45, 7) is 4.24. The average molecular weight is 389 g/mol. The van der Waals surface area contributed by atoms with Gasteiger partial charge in [0.05, 0.1) is 11.4 Å². The van der Waals surface area contributed by atoms with E-state index in [1.807, 2.05) is 0 Å².